The van der Waals surface area contributed by atoms with Gasteiger partial charge in [-0.25, -0.2) is 4.79 Å². The minimum absolute atomic E-state index is 0.00821. The molecule has 5 nitrogen and oxygen atoms in total. The fourth-order valence-electron chi connectivity index (χ4n) is 3.19. The van der Waals surface area contributed by atoms with Crippen LogP contribution in [0.3, 0.4) is 0 Å². The lowest BCUT2D eigenvalue weighted by molar-refractivity contribution is -0.00374. The summed E-state index contributed by atoms with van der Waals surface area (Å²) in [6, 6.07) is 10.3. The molecule has 2 saturated heterocycles. The Bertz CT molecular complexity index is 494. The Morgan fingerprint density at radius 3 is 2.86 bits per heavy atom. The summed E-state index contributed by atoms with van der Waals surface area (Å²) < 4.78 is 11.3. The second-order valence-corrected chi connectivity index (χ2v) is 6.06. The van der Waals surface area contributed by atoms with E-state index in [0.717, 1.165) is 13.0 Å². The van der Waals surface area contributed by atoms with Crippen LogP contribution < -0.4 is 5.32 Å². The SMILES string of the molecule is C[C@@H]1CN(C(=O)NC[C@H]2CCO[C@H]2c2ccccc2)CCO1. The van der Waals surface area contributed by atoms with Gasteiger partial charge in [-0.15, -0.1) is 0 Å². The van der Waals surface area contributed by atoms with Crippen LogP contribution in [-0.4, -0.2) is 49.9 Å². The van der Waals surface area contributed by atoms with Crippen molar-refractivity contribution in [3.05, 3.63) is 35.9 Å². The summed E-state index contributed by atoms with van der Waals surface area (Å²) in [7, 11) is 0. The molecule has 2 heterocycles. The van der Waals surface area contributed by atoms with Gasteiger partial charge in [-0.2, -0.15) is 0 Å². The third-order valence-corrected chi connectivity index (χ3v) is 4.39. The maximum atomic E-state index is 12.3. The molecule has 2 amide bonds. The third-order valence-electron chi connectivity index (χ3n) is 4.39. The van der Waals surface area contributed by atoms with E-state index in [-0.39, 0.29) is 18.2 Å². The molecule has 0 radical (unpaired) electrons. The van der Waals surface area contributed by atoms with Gasteiger partial charge in [-0.05, 0) is 18.9 Å². The fraction of sp³-hybridized carbons (Fsp3) is 0.588. The molecule has 120 valence electrons. The van der Waals surface area contributed by atoms with Gasteiger partial charge in [0, 0.05) is 32.2 Å². The van der Waals surface area contributed by atoms with Crippen molar-refractivity contribution < 1.29 is 14.3 Å². The van der Waals surface area contributed by atoms with Crippen molar-refractivity contribution in [2.45, 2.75) is 25.6 Å². The van der Waals surface area contributed by atoms with E-state index in [1.807, 2.05) is 30.0 Å². The summed E-state index contributed by atoms with van der Waals surface area (Å²) in [6.07, 6.45) is 1.19. The molecule has 3 rings (SSSR count). The van der Waals surface area contributed by atoms with Crippen LogP contribution in [0.25, 0.3) is 0 Å². The summed E-state index contributed by atoms with van der Waals surface area (Å²) >= 11 is 0. The minimum Gasteiger partial charge on any atom is -0.375 e. The number of morpholine rings is 1. The molecule has 1 aromatic rings. The fourth-order valence-corrected chi connectivity index (χ4v) is 3.19. The van der Waals surface area contributed by atoms with Crippen molar-refractivity contribution in [1.29, 1.82) is 0 Å². The van der Waals surface area contributed by atoms with Gasteiger partial charge in [0.25, 0.3) is 0 Å². The Hall–Kier alpha value is -1.59. The van der Waals surface area contributed by atoms with Crippen molar-refractivity contribution in [2.75, 3.05) is 32.8 Å². The summed E-state index contributed by atoms with van der Waals surface area (Å²) in [6.45, 7) is 5.36. The van der Waals surface area contributed by atoms with Gasteiger partial charge in [0.1, 0.15) is 0 Å². The molecule has 0 aliphatic carbocycles. The number of benzene rings is 1. The Morgan fingerprint density at radius 1 is 1.27 bits per heavy atom. The van der Waals surface area contributed by atoms with Crippen molar-refractivity contribution in [3.63, 3.8) is 0 Å². The van der Waals surface area contributed by atoms with E-state index in [4.69, 9.17) is 9.47 Å². The number of carbonyl (C=O) groups excluding carboxylic acids is 1. The van der Waals surface area contributed by atoms with Crippen LogP contribution >= 0.6 is 0 Å². The topological polar surface area (TPSA) is 50.8 Å². The first-order valence-corrected chi connectivity index (χ1v) is 8.05. The predicted octanol–water partition coefficient (Wildman–Crippen LogP) is 2.19. The number of ether oxygens (including phenoxy) is 2. The maximum Gasteiger partial charge on any atom is 0.317 e. The number of nitrogens with zero attached hydrogens (tertiary/aromatic N) is 1. The zero-order valence-electron chi connectivity index (χ0n) is 13.0. The van der Waals surface area contributed by atoms with E-state index >= 15 is 0 Å². The molecule has 0 unspecified atom stereocenters. The van der Waals surface area contributed by atoms with Gasteiger partial charge < -0.3 is 19.7 Å². The van der Waals surface area contributed by atoms with Gasteiger partial charge in [-0.1, -0.05) is 30.3 Å². The number of hydrogen-bond donors (Lipinski definition) is 1. The Morgan fingerprint density at radius 2 is 2.09 bits per heavy atom. The predicted molar refractivity (Wildman–Crippen MR) is 83.6 cm³/mol. The molecule has 1 N–H and O–H groups in total. The number of urea groups is 1. The highest BCUT2D eigenvalue weighted by atomic mass is 16.5. The Labute approximate surface area is 131 Å². The monoisotopic (exact) mass is 304 g/mol. The van der Waals surface area contributed by atoms with Crippen molar-refractivity contribution in [2.24, 2.45) is 5.92 Å². The second kappa shape index (κ2) is 7.11. The molecule has 22 heavy (non-hydrogen) atoms. The summed E-state index contributed by atoms with van der Waals surface area (Å²) in [5, 5.41) is 3.07. The van der Waals surface area contributed by atoms with E-state index in [2.05, 4.69) is 17.4 Å². The van der Waals surface area contributed by atoms with Crippen molar-refractivity contribution >= 4 is 6.03 Å². The van der Waals surface area contributed by atoms with Crippen LogP contribution in [0.1, 0.15) is 25.0 Å². The first-order valence-electron chi connectivity index (χ1n) is 8.05. The summed E-state index contributed by atoms with van der Waals surface area (Å²) in [4.78, 5) is 14.1. The smallest absolute Gasteiger partial charge is 0.317 e. The highest BCUT2D eigenvalue weighted by Gasteiger charge is 2.30. The molecule has 0 bridgehead atoms. The molecule has 0 spiro atoms. The normalized spacial score (nSPS) is 28.6. The molecule has 2 aliphatic rings. The minimum atomic E-state index is 0.00821. The van der Waals surface area contributed by atoms with Crippen LogP contribution in [0, 0.1) is 5.92 Å². The summed E-state index contributed by atoms with van der Waals surface area (Å²) in [5.41, 5.74) is 1.19. The van der Waals surface area contributed by atoms with Crippen LogP contribution in [0.15, 0.2) is 30.3 Å². The van der Waals surface area contributed by atoms with Gasteiger partial charge in [0.2, 0.25) is 0 Å². The average molecular weight is 304 g/mol. The molecule has 0 saturated carbocycles. The number of carbonyl (C=O) groups is 1. The van der Waals surface area contributed by atoms with Crippen molar-refractivity contribution in [3.8, 4) is 0 Å². The third kappa shape index (κ3) is 3.59. The first kappa shape index (κ1) is 15.3. The van der Waals surface area contributed by atoms with Crippen LogP contribution in [0.5, 0.6) is 0 Å². The van der Waals surface area contributed by atoms with Gasteiger partial charge in [-0.3, -0.25) is 0 Å². The second-order valence-electron chi connectivity index (χ2n) is 6.06. The van der Waals surface area contributed by atoms with E-state index in [9.17, 15) is 4.79 Å². The number of hydrogen-bond acceptors (Lipinski definition) is 3. The van der Waals surface area contributed by atoms with E-state index in [1.165, 1.54) is 5.56 Å². The summed E-state index contributed by atoms with van der Waals surface area (Å²) in [5.74, 6) is 0.338. The molecule has 0 aromatic heterocycles. The maximum absolute atomic E-state index is 12.3. The van der Waals surface area contributed by atoms with Gasteiger partial charge in [0.15, 0.2) is 0 Å². The molecule has 5 heteroatoms. The molecular weight excluding hydrogens is 280 g/mol. The van der Waals surface area contributed by atoms with Crippen LogP contribution in [0.2, 0.25) is 0 Å². The highest BCUT2D eigenvalue weighted by Crippen LogP contribution is 2.33. The van der Waals surface area contributed by atoms with Crippen LogP contribution in [-0.2, 0) is 9.47 Å². The quantitative estimate of drug-likeness (QED) is 0.931. The lowest BCUT2D eigenvalue weighted by Gasteiger charge is -2.31. The Balaban J connectivity index is 1.53. The van der Waals surface area contributed by atoms with E-state index in [1.54, 1.807) is 0 Å². The number of amides is 2. The number of rotatable bonds is 3. The first-order chi connectivity index (χ1) is 10.7. The highest BCUT2D eigenvalue weighted by molar-refractivity contribution is 5.74. The lowest BCUT2D eigenvalue weighted by atomic mass is 9.95. The molecule has 3 atom stereocenters. The standard InChI is InChI=1S/C17H24N2O3/c1-13-12-19(8-10-21-13)17(20)18-11-15-7-9-22-16(15)14-5-3-2-4-6-14/h2-6,13,15-16H,7-12H2,1H3,(H,18,20)/t13-,15-,16+/m1/s1. The molecule has 2 fully saturated rings. The largest absolute Gasteiger partial charge is 0.375 e. The zero-order valence-corrected chi connectivity index (χ0v) is 13.0. The molecule has 2 aliphatic heterocycles. The Kier molecular flexibility index (Phi) is 4.95. The van der Waals surface area contributed by atoms with Crippen molar-refractivity contribution in [1.82, 2.24) is 10.2 Å². The van der Waals surface area contributed by atoms with E-state index in [0.29, 0.717) is 32.2 Å². The average Bonchev–Trinajstić information content (AvgIpc) is 3.02. The lowest BCUT2D eigenvalue weighted by Crippen LogP contribution is -2.49. The molecule has 1 aromatic carbocycles. The number of nitrogens with one attached hydrogen (secondary N) is 1. The van der Waals surface area contributed by atoms with Gasteiger partial charge >= 0.3 is 6.03 Å². The van der Waals surface area contributed by atoms with E-state index < -0.39 is 0 Å². The van der Waals surface area contributed by atoms with Crippen LogP contribution in [0.4, 0.5) is 4.79 Å². The molecular formula is C17H24N2O3. The zero-order chi connectivity index (χ0) is 15.4. The van der Waals surface area contributed by atoms with Gasteiger partial charge in [0.05, 0.1) is 18.8 Å².